The van der Waals surface area contributed by atoms with Gasteiger partial charge in [0.1, 0.15) is 11.5 Å². The molecule has 148 valence electrons. The molecule has 2 amide bonds. The van der Waals surface area contributed by atoms with Gasteiger partial charge in [-0.3, -0.25) is 9.59 Å². The predicted octanol–water partition coefficient (Wildman–Crippen LogP) is 2.90. The lowest BCUT2D eigenvalue weighted by molar-refractivity contribution is -0.139. The molecule has 0 heterocycles. The van der Waals surface area contributed by atoms with Crippen molar-refractivity contribution in [2.24, 2.45) is 5.10 Å². The largest absolute Gasteiger partial charge is 0.494 e. The Hall–Kier alpha value is -3.06. The molecular weight excluding hydrogens is 382 g/mol. The number of carbonyl (C=O) groups is 2. The second-order valence-corrected chi connectivity index (χ2v) is 6.01. The number of benzene rings is 2. The number of nitrogens with zero attached hydrogens (tertiary/aromatic N) is 1. The molecule has 2 rings (SSSR count). The van der Waals surface area contributed by atoms with Crippen LogP contribution in [0.3, 0.4) is 0 Å². The zero-order chi connectivity index (χ0) is 20.4. The van der Waals surface area contributed by atoms with E-state index < -0.39 is 11.8 Å². The van der Waals surface area contributed by atoms with Crippen LogP contribution in [0.15, 0.2) is 47.6 Å². The van der Waals surface area contributed by atoms with Gasteiger partial charge in [-0.05, 0) is 43.7 Å². The lowest BCUT2D eigenvalue weighted by Gasteiger charge is -2.10. The van der Waals surface area contributed by atoms with Crippen molar-refractivity contribution in [2.75, 3.05) is 13.2 Å². The SMILES string of the molecule is CCOc1ccc(/C=N\NC(=O)C(=O)NCc2ccc(Cl)cc2)c(OCC)c1. The van der Waals surface area contributed by atoms with E-state index in [-0.39, 0.29) is 6.54 Å². The molecule has 0 bridgehead atoms. The van der Waals surface area contributed by atoms with Crippen molar-refractivity contribution in [3.8, 4) is 11.5 Å². The molecule has 2 N–H and O–H groups in total. The van der Waals surface area contributed by atoms with Gasteiger partial charge in [0.15, 0.2) is 0 Å². The molecule has 8 heteroatoms. The number of hydrazone groups is 1. The highest BCUT2D eigenvalue weighted by Gasteiger charge is 2.12. The van der Waals surface area contributed by atoms with Gasteiger partial charge in [-0.1, -0.05) is 23.7 Å². The summed E-state index contributed by atoms with van der Waals surface area (Å²) in [5.74, 6) is -0.412. The van der Waals surface area contributed by atoms with Crippen molar-refractivity contribution in [3.63, 3.8) is 0 Å². The smallest absolute Gasteiger partial charge is 0.329 e. The summed E-state index contributed by atoms with van der Waals surface area (Å²) >= 11 is 5.80. The minimum Gasteiger partial charge on any atom is -0.494 e. The number of hydrogen-bond donors (Lipinski definition) is 2. The standard InChI is InChI=1S/C20H22ClN3O4/c1-3-27-17-10-7-15(18(11-17)28-4-2)13-23-24-20(26)19(25)22-12-14-5-8-16(21)9-6-14/h5-11,13H,3-4,12H2,1-2H3,(H,22,25)(H,24,26)/b23-13-. The van der Waals surface area contributed by atoms with Crippen LogP contribution in [-0.4, -0.2) is 31.2 Å². The molecule has 0 saturated carbocycles. The molecule has 0 aliphatic rings. The van der Waals surface area contributed by atoms with Crippen molar-refractivity contribution in [1.29, 1.82) is 0 Å². The number of amides is 2. The van der Waals surface area contributed by atoms with Crippen LogP contribution in [0.2, 0.25) is 5.02 Å². The van der Waals surface area contributed by atoms with Crippen molar-refractivity contribution >= 4 is 29.6 Å². The molecule has 0 unspecified atom stereocenters. The number of ether oxygens (including phenoxy) is 2. The van der Waals surface area contributed by atoms with Gasteiger partial charge in [0, 0.05) is 23.2 Å². The fourth-order valence-electron chi connectivity index (χ4n) is 2.23. The first kappa shape index (κ1) is 21.2. The van der Waals surface area contributed by atoms with Crippen LogP contribution < -0.4 is 20.2 Å². The summed E-state index contributed by atoms with van der Waals surface area (Å²) in [5.41, 5.74) is 3.67. The van der Waals surface area contributed by atoms with Gasteiger partial charge in [-0.2, -0.15) is 5.10 Å². The second kappa shape index (κ2) is 10.9. The third kappa shape index (κ3) is 6.59. The number of rotatable bonds is 8. The van der Waals surface area contributed by atoms with Crippen LogP contribution >= 0.6 is 11.6 Å². The number of halogens is 1. The minimum absolute atomic E-state index is 0.209. The maximum Gasteiger partial charge on any atom is 0.329 e. The molecule has 2 aromatic carbocycles. The summed E-state index contributed by atoms with van der Waals surface area (Å²) in [6.45, 7) is 4.97. The minimum atomic E-state index is -0.867. The van der Waals surface area contributed by atoms with Crippen LogP contribution in [0.1, 0.15) is 25.0 Å². The predicted molar refractivity (Wildman–Crippen MR) is 108 cm³/mol. The van der Waals surface area contributed by atoms with E-state index in [1.165, 1.54) is 6.21 Å². The first-order chi connectivity index (χ1) is 13.5. The summed E-state index contributed by atoms with van der Waals surface area (Å²) in [5, 5.41) is 6.93. The number of carbonyl (C=O) groups excluding carboxylic acids is 2. The molecule has 2 aromatic rings. The molecule has 0 aliphatic carbocycles. The van der Waals surface area contributed by atoms with E-state index in [0.717, 1.165) is 5.56 Å². The Morgan fingerprint density at radius 2 is 1.75 bits per heavy atom. The van der Waals surface area contributed by atoms with E-state index in [9.17, 15) is 9.59 Å². The zero-order valence-electron chi connectivity index (χ0n) is 15.7. The quantitative estimate of drug-likeness (QED) is 0.403. The number of hydrogen-bond acceptors (Lipinski definition) is 5. The Kier molecular flexibility index (Phi) is 8.30. The van der Waals surface area contributed by atoms with Gasteiger partial charge in [0.25, 0.3) is 0 Å². The van der Waals surface area contributed by atoms with Crippen LogP contribution in [0.4, 0.5) is 0 Å². The molecule has 0 spiro atoms. The third-order valence-electron chi connectivity index (χ3n) is 3.54. The summed E-state index contributed by atoms with van der Waals surface area (Å²) < 4.78 is 11.0. The lowest BCUT2D eigenvalue weighted by atomic mass is 10.2. The molecule has 7 nitrogen and oxygen atoms in total. The van der Waals surface area contributed by atoms with E-state index in [1.54, 1.807) is 42.5 Å². The molecule has 0 aromatic heterocycles. The summed E-state index contributed by atoms with van der Waals surface area (Å²) in [7, 11) is 0. The Bertz CT molecular complexity index is 838. The average molecular weight is 404 g/mol. The van der Waals surface area contributed by atoms with Gasteiger partial charge >= 0.3 is 11.8 Å². The van der Waals surface area contributed by atoms with E-state index in [2.05, 4.69) is 15.8 Å². The van der Waals surface area contributed by atoms with E-state index in [1.807, 2.05) is 13.8 Å². The Morgan fingerprint density at radius 1 is 1.04 bits per heavy atom. The van der Waals surface area contributed by atoms with Crippen LogP contribution in [0.5, 0.6) is 11.5 Å². The van der Waals surface area contributed by atoms with Gasteiger partial charge < -0.3 is 14.8 Å². The number of nitrogens with one attached hydrogen (secondary N) is 2. The average Bonchev–Trinajstić information content (AvgIpc) is 2.69. The monoisotopic (exact) mass is 403 g/mol. The van der Waals surface area contributed by atoms with Gasteiger partial charge in [-0.25, -0.2) is 5.43 Å². The van der Waals surface area contributed by atoms with Crippen molar-refractivity contribution in [2.45, 2.75) is 20.4 Å². The van der Waals surface area contributed by atoms with E-state index in [0.29, 0.717) is 35.3 Å². The van der Waals surface area contributed by atoms with Gasteiger partial charge in [-0.15, -0.1) is 0 Å². The Labute approximate surface area is 168 Å². The fourth-order valence-corrected chi connectivity index (χ4v) is 2.36. The highest BCUT2D eigenvalue weighted by Crippen LogP contribution is 2.23. The van der Waals surface area contributed by atoms with E-state index in [4.69, 9.17) is 21.1 Å². The van der Waals surface area contributed by atoms with Crippen LogP contribution in [0, 0.1) is 0 Å². The van der Waals surface area contributed by atoms with Crippen LogP contribution in [-0.2, 0) is 16.1 Å². The Balaban J connectivity index is 1.91. The highest BCUT2D eigenvalue weighted by molar-refractivity contribution is 6.35. The topological polar surface area (TPSA) is 89.0 Å². The molecule has 0 radical (unpaired) electrons. The van der Waals surface area contributed by atoms with Crippen molar-refractivity contribution in [1.82, 2.24) is 10.7 Å². The fraction of sp³-hybridized carbons (Fsp3) is 0.250. The summed E-state index contributed by atoms with van der Waals surface area (Å²) in [4.78, 5) is 23.7. The van der Waals surface area contributed by atoms with Gasteiger partial charge in [0.2, 0.25) is 0 Å². The molecule has 0 fully saturated rings. The summed E-state index contributed by atoms with van der Waals surface area (Å²) in [6.07, 6.45) is 1.41. The van der Waals surface area contributed by atoms with Crippen LogP contribution in [0.25, 0.3) is 0 Å². The molecule has 0 atom stereocenters. The third-order valence-corrected chi connectivity index (χ3v) is 3.79. The maximum atomic E-state index is 11.8. The van der Waals surface area contributed by atoms with Crippen molar-refractivity contribution in [3.05, 3.63) is 58.6 Å². The molecule has 28 heavy (non-hydrogen) atoms. The van der Waals surface area contributed by atoms with Crippen molar-refractivity contribution < 1.29 is 19.1 Å². The first-order valence-electron chi connectivity index (χ1n) is 8.78. The zero-order valence-corrected chi connectivity index (χ0v) is 16.5. The van der Waals surface area contributed by atoms with Gasteiger partial charge in [0.05, 0.1) is 19.4 Å². The second-order valence-electron chi connectivity index (χ2n) is 5.57. The molecular formula is C20H22ClN3O4. The Morgan fingerprint density at radius 3 is 2.43 bits per heavy atom. The summed E-state index contributed by atoms with van der Waals surface area (Å²) in [6, 6.07) is 12.2. The molecule has 0 aliphatic heterocycles. The van der Waals surface area contributed by atoms with E-state index >= 15 is 0 Å². The maximum absolute atomic E-state index is 11.8. The highest BCUT2D eigenvalue weighted by atomic mass is 35.5. The first-order valence-corrected chi connectivity index (χ1v) is 9.16. The normalized spacial score (nSPS) is 10.5. The molecule has 0 saturated heterocycles. The lowest BCUT2D eigenvalue weighted by Crippen LogP contribution is -2.37.